The Balaban J connectivity index is 2.82. The molecule has 2 aromatic rings. The first-order valence-corrected chi connectivity index (χ1v) is 4.11. The van der Waals surface area contributed by atoms with Crippen LogP contribution >= 0.6 is 0 Å². The molecule has 0 atom stereocenters. The monoisotopic (exact) mass is 195 g/mol. The van der Waals surface area contributed by atoms with Crippen LogP contribution in [0.3, 0.4) is 0 Å². The molecule has 2 heterocycles. The smallest absolute Gasteiger partial charge is 0.312 e. The summed E-state index contributed by atoms with van der Waals surface area (Å²) >= 11 is 0. The van der Waals surface area contributed by atoms with Crippen molar-refractivity contribution < 1.29 is 4.39 Å². The zero-order valence-corrected chi connectivity index (χ0v) is 8.19. The second-order valence-corrected chi connectivity index (χ2v) is 3.24. The van der Waals surface area contributed by atoms with Crippen LogP contribution < -0.4 is 4.90 Å². The molecule has 2 rings (SSSR count). The number of halogens is 1. The van der Waals surface area contributed by atoms with Gasteiger partial charge in [-0.2, -0.15) is 14.4 Å². The maximum Gasteiger partial charge on any atom is 0.312 e. The highest BCUT2D eigenvalue weighted by atomic mass is 19.1. The predicted molar refractivity (Wildman–Crippen MR) is 50.6 cm³/mol. The number of aromatic nitrogens is 4. The summed E-state index contributed by atoms with van der Waals surface area (Å²) in [4.78, 5) is 13.2. The number of aryl methyl sites for hydroxylation is 1. The lowest BCUT2D eigenvalue weighted by molar-refractivity contribution is 0.542. The van der Waals surface area contributed by atoms with E-state index >= 15 is 0 Å². The molecule has 0 aromatic carbocycles. The fraction of sp³-hybridized carbons (Fsp3) is 0.375. The van der Waals surface area contributed by atoms with Crippen molar-refractivity contribution in [3.63, 3.8) is 0 Å². The van der Waals surface area contributed by atoms with Crippen LogP contribution in [0.15, 0.2) is 6.33 Å². The van der Waals surface area contributed by atoms with E-state index in [4.69, 9.17) is 0 Å². The van der Waals surface area contributed by atoms with Crippen molar-refractivity contribution in [2.24, 2.45) is 7.05 Å². The summed E-state index contributed by atoms with van der Waals surface area (Å²) in [5, 5.41) is 0. The fourth-order valence-electron chi connectivity index (χ4n) is 1.28. The highest BCUT2D eigenvalue weighted by Crippen LogP contribution is 2.19. The second-order valence-electron chi connectivity index (χ2n) is 3.24. The Morgan fingerprint density at radius 1 is 1.36 bits per heavy atom. The van der Waals surface area contributed by atoms with Gasteiger partial charge in [0.2, 0.25) is 0 Å². The number of nitrogens with zero attached hydrogens (tertiary/aromatic N) is 5. The number of fused-ring (bicyclic) bond motifs is 1. The molecule has 0 aliphatic rings. The highest BCUT2D eigenvalue weighted by Gasteiger charge is 2.12. The van der Waals surface area contributed by atoms with Crippen molar-refractivity contribution in [3.8, 4) is 0 Å². The predicted octanol–water partition coefficient (Wildman–Crippen LogP) is 0.568. The molecule has 0 aliphatic carbocycles. The van der Waals surface area contributed by atoms with E-state index in [1.807, 2.05) is 0 Å². The van der Waals surface area contributed by atoms with E-state index in [1.165, 1.54) is 0 Å². The summed E-state index contributed by atoms with van der Waals surface area (Å²) in [5.74, 6) is 0.494. The Morgan fingerprint density at radius 3 is 2.71 bits per heavy atom. The summed E-state index contributed by atoms with van der Waals surface area (Å²) in [5.41, 5.74) is 1.11. The fourth-order valence-corrected chi connectivity index (χ4v) is 1.28. The van der Waals surface area contributed by atoms with E-state index in [0.717, 1.165) is 0 Å². The first-order chi connectivity index (χ1) is 6.59. The molecular formula is C8H10FN5. The first kappa shape index (κ1) is 8.86. The van der Waals surface area contributed by atoms with Gasteiger partial charge in [-0.3, -0.25) is 0 Å². The molecule has 0 bridgehead atoms. The lowest BCUT2D eigenvalue weighted by atomic mass is 10.4. The lowest BCUT2D eigenvalue weighted by Gasteiger charge is -2.10. The molecule has 74 valence electrons. The van der Waals surface area contributed by atoms with E-state index in [9.17, 15) is 4.39 Å². The molecule has 2 aromatic heterocycles. The van der Waals surface area contributed by atoms with Crippen molar-refractivity contribution >= 4 is 17.0 Å². The molecule has 0 N–H and O–H groups in total. The molecule has 14 heavy (non-hydrogen) atoms. The Hall–Kier alpha value is -1.72. The van der Waals surface area contributed by atoms with Crippen molar-refractivity contribution in [2.45, 2.75) is 0 Å². The van der Waals surface area contributed by atoms with Crippen molar-refractivity contribution in [3.05, 3.63) is 12.4 Å². The minimum absolute atomic E-state index is 0.494. The van der Waals surface area contributed by atoms with Crippen molar-refractivity contribution in [2.75, 3.05) is 19.0 Å². The minimum atomic E-state index is -0.732. The van der Waals surface area contributed by atoms with Crippen molar-refractivity contribution in [1.29, 1.82) is 0 Å². The Bertz CT molecular complexity index is 476. The topological polar surface area (TPSA) is 46.8 Å². The van der Waals surface area contributed by atoms with Gasteiger partial charge < -0.3 is 9.47 Å². The molecule has 0 saturated heterocycles. The zero-order chi connectivity index (χ0) is 10.3. The van der Waals surface area contributed by atoms with E-state index in [0.29, 0.717) is 17.0 Å². The standard InChI is InChI=1S/C8H10FN5/c1-13(2)6-5-7(12-8(9)11-6)14(3)4-10-5/h4H,1-3H3. The Labute approximate surface area is 80.2 Å². The van der Waals surface area contributed by atoms with Gasteiger partial charge in [-0.15, -0.1) is 0 Å². The van der Waals surface area contributed by atoms with Crippen LogP contribution in [0.5, 0.6) is 0 Å². The summed E-state index contributed by atoms with van der Waals surface area (Å²) in [7, 11) is 5.34. The number of hydrogen-bond donors (Lipinski definition) is 0. The van der Waals surface area contributed by atoms with Gasteiger partial charge in [0.15, 0.2) is 17.0 Å². The molecule has 5 nitrogen and oxygen atoms in total. The summed E-state index contributed by atoms with van der Waals surface area (Å²) in [6.45, 7) is 0. The number of anilines is 1. The molecule has 0 spiro atoms. The van der Waals surface area contributed by atoms with Gasteiger partial charge >= 0.3 is 6.08 Å². The maximum absolute atomic E-state index is 13.0. The molecule has 0 aliphatic heterocycles. The number of hydrogen-bond acceptors (Lipinski definition) is 4. The lowest BCUT2D eigenvalue weighted by Crippen LogP contribution is -2.13. The van der Waals surface area contributed by atoms with Gasteiger partial charge in [0.05, 0.1) is 6.33 Å². The van der Waals surface area contributed by atoms with Gasteiger partial charge in [0, 0.05) is 21.1 Å². The first-order valence-electron chi connectivity index (χ1n) is 4.11. The van der Waals surface area contributed by atoms with E-state index in [2.05, 4.69) is 15.0 Å². The maximum atomic E-state index is 13.0. The SMILES string of the molecule is CN(C)c1nc(F)nc2c1ncn2C. The average molecular weight is 195 g/mol. The Kier molecular flexibility index (Phi) is 1.83. The van der Waals surface area contributed by atoms with Crippen LogP contribution in [0, 0.1) is 6.08 Å². The molecule has 0 amide bonds. The van der Waals surface area contributed by atoms with E-state index in [-0.39, 0.29) is 0 Å². The summed E-state index contributed by atoms with van der Waals surface area (Å²) in [6, 6.07) is 0. The van der Waals surface area contributed by atoms with Gasteiger partial charge in [-0.25, -0.2) is 4.98 Å². The van der Waals surface area contributed by atoms with Crippen LogP contribution in [0.2, 0.25) is 0 Å². The largest absolute Gasteiger partial charge is 0.361 e. The van der Waals surface area contributed by atoms with Gasteiger partial charge in [-0.05, 0) is 0 Å². The number of imidazole rings is 1. The molecule has 0 saturated carbocycles. The van der Waals surface area contributed by atoms with Gasteiger partial charge in [0.1, 0.15) is 0 Å². The Morgan fingerprint density at radius 2 is 2.07 bits per heavy atom. The highest BCUT2D eigenvalue weighted by molar-refractivity contribution is 5.82. The summed E-state index contributed by atoms with van der Waals surface area (Å²) in [6.07, 6.45) is 0.857. The third-order valence-electron chi connectivity index (χ3n) is 1.94. The average Bonchev–Trinajstić information content (AvgIpc) is 2.47. The molecule has 0 radical (unpaired) electrons. The van der Waals surface area contributed by atoms with E-state index < -0.39 is 6.08 Å². The third-order valence-corrected chi connectivity index (χ3v) is 1.94. The molecule has 0 fully saturated rings. The normalized spacial score (nSPS) is 10.9. The molecular weight excluding hydrogens is 185 g/mol. The van der Waals surface area contributed by atoms with Crippen LogP contribution in [-0.2, 0) is 7.05 Å². The minimum Gasteiger partial charge on any atom is -0.361 e. The van der Waals surface area contributed by atoms with Gasteiger partial charge in [0.25, 0.3) is 0 Å². The molecule has 6 heteroatoms. The molecule has 0 unspecified atom stereocenters. The van der Waals surface area contributed by atoms with Crippen LogP contribution in [0.25, 0.3) is 11.2 Å². The summed E-state index contributed by atoms with van der Waals surface area (Å²) < 4.78 is 14.7. The van der Waals surface area contributed by atoms with Crippen LogP contribution in [-0.4, -0.2) is 33.6 Å². The second kappa shape index (κ2) is 2.90. The zero-order valence-electron chi connectivity index (χ0n) is 8.19. The van der Waals surface area contributed by atoms with Crippen LogP contribution in [0.1, 0.15) is 0 Å². The van der Waals surface area contributed by atoms with Crippen molar-refractivity contribution in [1.82, 2.24) is 19.5 Å². The quantitative estimate of drug-likeness (QED) is 0.624. The van der Waals surface area contributed by atoms with Crippen LogP contribution in [0.4, 0.5) is 10.2 Å². The third kappa shape index (κ3) is 1.19. The number of rotatable bonds is 1. The van der Waals surface area contributed by atoms with E-state index in [1.54, 1.807) is 36.9 Å². The van der Waals surface area contributed by atoms with Gasteiger partial charge in [-0.1, -0.05) is 0 Å².